The molecule has 2 N–H and O–H groups in total. The Morgan fingerprint density at radius 3 is 2.44 bits per heavy atom. The maximum atomic E-state index is 5.98. The summed E-state index contributed by atoms with van der Waals surface area (Å²) in [6.07, 6.45) is 3.49. The van der Waals surface area contributed by atoms with Crippen LogP contribution in [0.15, 0.2) is 30.3 Å². The summed E-state index contributed by atoms with van der Waals surface area (Å²) >= 11 is 0. The predicted molar refractivity (Wildman–Crippen MR) is 68.6 cm³/mol. The molecule has 0 bridgehead atoms. The molecular formula is C14H23NO. The zero-order chi connectivity index (χ0) is 11.8. The number of para-hydroxylation sites is 1. The van der Waals surface area contributed by atoms with E-state index in [0.717, 1.165) is 18.1 Å². The Hall–Kier alpha value is -1.02. The minimum atomic E-state index is 0.152. The van der Waals surface area contributed by atoms with Crippen molar-refractivity contribution in [1.82, 2.24) is 0 Å². The summed E-state index contributed by atoms with van der Waals surface area (Å²) < 4.78 is 5.60. The van der Waals surface area contributed by atoms with E-state index in [9.17, 15) is 0 Å². The van der Waals surface area contributed by atoms with Crippen LogP contribution in [0.25, 0.3) is 0 Å². The molecule has 0 heterocycles. The maximum absolute atomic E-state index is 5.98. The van der Waals surface area contributed by atoms with E-state index >= 15 is 0 Å². The minimum Gasteiger partial charge on any atom is -0.492 e. The molecule has 0 spiro atoms. The highest BCUT2D eigenvalue weighted by Gasteiger charge is 2.04. The first kappa shape index (κ1) is 13.0. The van der Waals surface area contributed by atoms with Gasteiger partial charge in [-0.05, 0) is 24.5 Å². The van der Waals surface area contributed by atoms with E-state index in [4.69, 9.17) is 10.5 Å². The zero-order valence-electron chi connectivity index (χ0n) is 10.4. The fourth-order valence-corrected chi connectivity index (χ4v) is 1.59. The van der Waals surface area contributed by atoms with Crippen LogP contribution in [-0.2, 0) is 0 Å². The molecule has 0 saturated carbocycles. The van der Waals surface area contributed by atoms with E-state index in [1.165, 1.54) is 12.8 Å². The van der Waals surface area contributed by atoms with Gasteiger partial charge in [0, 0.05) is 6.04 Å². The molecule has 0 aliphatic rings. The van der Waals surface area contributed by atoms with Crippen molar-refractivity contribution in [3.05, 3.63) is 30.3 Å². The first-order valence-electron chi connectivity index (χ1n) is 6.12. The van der Waals surface area contributed by atoms with E-state index < -0.39 is 0 Å². The quantitative estimate of drug-likeness (QED) is 0.767. The van der Waals surface area contributed by atoms with E-state index in [1.807, 2.05) is 30.3 Å². The first-order chi connectivity index (χ1) is 7.68. The summed E-state index contributed by atoms with van der Waals surface area (Å²) in [5.74, 6) is 1.67. The Balaban J connectivity index is 2.13. The Labute approximate surface area is 98.8 Å². The van der Waals surface area contributed by atoms with E-state index in [2.05, 4.69) is 13.8 Å². The lowest BCUT2D eigenvalue weighted by molar-refractivity contribution is 0.277. The van der Waals surface area contributed by atoms with Gasteiger partial charge in [-0.2, -0.15) is 0 Å². The van der Waals surface area contributed by atoms with Gasteiger partial charge in [0.25, 0.3) is 0 Å². The topological polar surface area (TPSA) is 35.2 Å². The highest BCUT2D eigenvalue weighted by atomic mass is 16.5. The van der Waals surface area contributed by atoms with Crippen LogP contribution in [0.4, 0.5) is 0 Å². The molecule has 1 atom stereocenters. The molecule has 0 fully saturated rings. The molecule has 2 heteroatoms. The van der Waals surface area contributed by atoms with E-state index in [1.54, 1.807) is 0 Å². The second kappa shape index (κ2) is 7.29. The Morgan fingerprint density at radius 1 is 1.12 bits per heavy atom. The Morgan fingerprint density at radius 2 is 1.81 bits per heavy atom. The molecule has 0 saturated heterocycles. The largest absolute Gasteiger partial charge is 0.492 e. The number of hydrogen-bond donors (Lipinski definition) is 1. The number of benzene rings is 1. The second-order valence-electron chi connectivity index (χ2n) is 4.71. The third-order valence-corrected chi connectivity index (χ3v) is 2.56. The van der Waals surface area contributed by atoms with Gasteiger partial charge in [-0.25, -0.2) is 0 Å². The van der Waals surface area contributed by atoms with Gasteiger partial charge in [0.1, 0.15) is 12.4 Å². The summed E-state index contributed by atoms with van der Waals surface area (Å²) in [4.78, 5) is 0. The van der Waals surface area contributed by atoms with Gasteiger partial charge >= 0.3 is 0 Å². The molecule has 90 valence electrons. The van der Waals surface area contributed by atoms with Crippen molar-refractivity contribution < 1.29 is 4.74 Å². The fourth-order valence-electron chi connectivity index (χ4n) is 1.59. The van der Waals surface area contributed by atoms with Crippen LogP contribution in [-0.4, -0.2) is 12.6 Å². The molecular weight excluding hydrogens is 198 g/mol. The van der Waals surface area contributed by atoms with E-state index in [0.29, 0.717) is 6.61 Å². The molecule has 0 aliphatic heterocycles. The van der Waals surface area contributed by atoms with Gasteiger partial charge in [0.05, 0.1) is 0 Å². The van der Waals surface area contributed by atoms with Crippen LogP contribution in [0.1, 0.15) is 33.1 Å². The predicted octanol–water partition coefficient (Wildman–Crippen LogP) is 3.22. The smallest absolute Gasteiger partial charge is 0.119 e. The van der Waals surface area contributed by atoms with Gasteiger partial charge in [0.15, 0.2) is 0 Å². The number of rotatable bonds is 7. The van der Waals surface area contributed by atoms with Crippen LogP contribution in [0.3, 0.4) is 0 Å². The Kier molecular flexibility index (Phi) is 5.94. The van der Waals surface area contributed by atoms with Crippen LogP contribution < -0.4 is 10.5 Å². The number of hydrogen-bond acceptors (Lipinski definition) is 2. The monoisotopic (exact) mass is 221 g/mol. The average molecular weight is 221 g/mol. The fraction of sp³-hybridized carbons (Fsp3) is 0.571. The molecule has 1 aromatic carbocycles. The number of nitrogens with two attached hydrogens (primary N) is 1. The summed E-state index contributed by atoms with van der Waals surface area (Å²) in [7, 11) is 0. The number of ether oxygens (including phenoxy) is 1. The van der Waals surface area contributed by atoms with Crippen molar-refractivity contribution in [1.29, 1.82) is 0 Å². The van der Waals surface area contributed by atoms with Crippen molar-refractivity contribution in [3.63, 3.8) is 0 Å². The van der Waals surface area contributed by atoms with Crippen molar-refractivity contribution in [3.8, 4) is 5.75 Å². The zero-order valence-corrected chi connectivity index (χ0v) is 10.4. The molecule has 1 aromatic rings. The lowest BCUT2D eigenvalue weighted by atomic mass is 10.0. The van der Waals surface area contributed by atoms with Crippen molar-refractivity contribution in [2.24, 2.45) is 11.7 Å². The molecule has 0 aliphatic carbocycles. The van der Waals surface area contributed by atoms with Crippen molar-refractivity contribution in [2.45, 2.75) is 39.2 Å². The lowest BCUT2D eigenvalue weighted by Gasteiger charge is -2.13. The molecule has 0 radical (unpaired) electrons. The minimum absolute atomic E-state index is 0.152. The van der Waals surface area contributed by atoms with Gasteiger partial charge in [-0.1, -0.05) is 44.9 Å². The SMILES string of the molecule is CC(C)CCCC(N)COc1ccccc1. The molecule has 1 unspecified atom stereocenters. The molecule has 2 nitrogen and oxygen atoms in total. The highest BCUT2D eigenvalue weighted by Crippen LogP contribution is 2.11. The molecule has 0 aromatic heterocycles. The molecule has 1 rings (SSSR count). The van der Waals surface area contributed by atoms with Crippen LogP contribution in [0.5, 0.6) is 5.75 Å². The average Bonchev–Trinajstić information content (AvgIpc) is 2.27. The van der Waals surface area contributed by atoms with Crippen LogP contribution in [0.2, 0.25) is 0 Å². The normalized spacial score (nSPS) is 12.8. The second-order valence-corrected chi connectivity index (χ2v) is 4.71. The third kappa shape index (κ3) is 5.76. The standard InChI is InChI=1S/C14H23NO/c1-12(2)7-6-8-13(15)11-16-14-9-4-3-5-10-14/h3-5,9-10,12-13H,6-8,11,15H2,1-2H3. The van der Waals surface area contributed by atoms with Gasteiger partial charge in [-0.3, -0.25) is 0 Å². The van der Waals surface area contributed by atoms with Gasteiger partial charge in [0.2, 0.25) is 0 Å². The van der Waals surface area contributed by atoms with Gasteiger partial charge < -0.3 is 10.5 Å². The van der Waals surface area contributed by atoms with Gasteiger partial charge in [-0.15, -0.1) is 0 Å². The van der Waals surface area contributed by atoms with Crippen LogP contribution >= 0.6 is 0 Å². The molecule has 0 amide bonds. The summed E-state index contributed by atoms with van der Waals surface area (Å²) in [6, 6.07) is 10.00. The van der Waals surface area contributed by atoms with Crippen molar-refractivity contribution >= 4 is 0 Å². The van der Waals surface area contributed by atoms with Crippen LogP contribution in [0, 0.1) is 5.92 Å². The Bertz CT molecular complexity index is 271. The lowest BCUT2D eigenvalue weighted by Crippen LogP contribution is -2.27. The molecule has 16 heavy (non-hydrogen) atoms. The third-order valence-electron chi connectivity index (χ3n) is 2.56. The summed E-state index contributed by atoms with van der Waals surface area (Å²) in [5, 5.41) is 0. The summed E-state index contributed by atoms with van der Waals surface area (Å²) in [5.41, 5.74) is 5.98. The van der Waals surface area contributed by atoms with E-state index in [-0.39, 0.29) is 6.04 Å². The summed E-state index contributed by atoms with van der Waals surface area (Å²) in [6.45, 7) is 5.10. The highest BCUT2D eigenvalue weighted by molar-refractivity contribution is 5.20. The van der Waals surface area contributed by atoms with Crippen molar-refractivity contribution in [2.75, 3.05) is 6.61 Å². The first-order valence-corrected chi connectivity index (χ1v) is 6.12. The maximum Gasteiger partial charge on any atom is 0.119 e.